The van der Waals surface area contributed by atoms with Gasteiger partial charge in [0.1, 0.15) is 5.82 Å². The van der Waals surface area contributed by atoms with Crippen molar-refractivity contribution >= 4 is 17.4 Å². The molecule has 1 aromatic carbocycles. The quantitative estimate of drug-likeness (QED) is 0.778. The van der Waals surface area contributed by atoms with Crippen LogP contribution in [0.1, 0.15) is 0 Å². The lowest BCUT2D eigenvalue weighted by Crippen LogP contribution is -2.05. The highest BCUT2D eigenvalue weighted by atomic mass is 35.5. The molecule has 5 nitrogen and oxygen atoms in total. The Morgan fingerprint density at radius 3 is 2.58 bits per heavy atom. The predicted octanol–water partition coefficient (Wildman–Crippen LogP) is 2.56. The smallest absolute Gasteiger partial charge is 0.252 e. The molecule has 0 saturated heterocycles. The molecule has 3 aromatic rings. The summed E-state index contributed by atoms with van der Waals surface area (Å²) >= 11 is 5.97. The van der Waals surface area contributed by atoms with E-state index >= 15 is 0 Å². The molecule has 0 aliphatic heterocycles. The lowest BCUT2D eigenvalue weighted by molar-refractivity contribution is 0.820. The van der Waals surface area contributed by atoms with Gasteiger partial charge in [0.05, 0.1) is 5.69 Å². The molecule has 0 fully saturated rings. The van der Waals surface area contributed by atoms with Gasteiger partial charge in [-0.25, -0.2) is 9.97 Å². The van der Waals surface area contributed by atoms with Crippen molar-refractivity contribution in [1.82, 2.24) is 19.7 Å². The summed E-state index contributed by atoms with van der Waals surface area (Å²) in [5.41, 5.74) is 7.56. The molecule has 0 radical (unpaired) electrons. The summed E-state index contributed by atoms with van der Waals surface area (Å²) in [7, 11) is 0. The fourth-order valence-electron chi connectivity index (χ4n) is 1.75. The molecular formula is C13H10ClN5. The maximum Gasteiger partial charge on any atom is 0.252 e. The van der Waals surface area contributed by atoms with Crippen molar-refractivity contribution in [1.29, 1.82) is 0 Å². The van der Waals surface area contributed by atoms with Crippen LogP contribution >= 0.6 is 11.6 Å². The zero-order chi connectivity index (χ0) is 13.2. The van der Waals surface area contributed by atoms with Crippen LogP contribution in [-0.2, 0) is 0 Å². The number of nitrogens with zero attached hydrogens (tertiary/aromatic N) is 4. The van der Waals surface area contributed by atoms with Gasteiger partial charge in [-0.2, -0.15) is 9.78 Å². The van der Waals surface area contributed by atoms with Crippen LogP contribution in [0.15, 0.2) is 48.8 Å². The number of hydrogen-bond acceptors (Lipinski definition) is 4. The van der Waals surface area contributed by atoms with Gasteiger partial charge in [-0.3, -0.25) is 0 Å². The van der Waals surface area contributed by atoms with E-state index in [1.54, 1.807) is 24.5 Å². The van der Waals surface area contributed by atoms with E-state index in [0.29, 0.717) is 16.8 Å². The Morgan fingerprint density at radius 1 is 1.05 bits per heavy atom. The standard InChI is InChI=1S/C13H10ClN5/c14-10-4-1-3-9(7-10)11-8-12(15)19(18-11)13-16-5-2-6-17-13/h1-8H,15H2. The third-order valence-corrected chi connectivity index (χ3v) is 2.83. The molecule has 3 rings (SSSR count). The van der Waals surface area contributed by atoms with Gasteiger partial charge in [0.2, 0.25) is 0 Å². The maximum atomic E-state index is 5.97. The van der Waals surface area contributed by atoms with Crippen molar-refractivity contribution in [3.05, 3.63) is 53.8 Å². The molecule has 0 spiro atoms. The van der Waals surface area contributed by atoms with Crippen molar-refractivity contribution in [2.75, 3.05) is 5.73 Å². The third-order valence-electron chi connectivity index (χ3n) is 2.60. The zero-order valence-electron chi connectivity index (χ0n) is 9.86. The van der Waals surface area contributed by atoms with Crippen LogP contribution in [0.2, 0.25) is 5.02 Å². The van der Waals surface area contributed by atoms with Crippen LogP contribution in [0, 0.1) is 0 Å². The normalized spacial score (nSPS) is 10.6. The predicted molar refractivity (Wildman–Crippen MR) is 74.0 cm³/mol. The van der Waals surface area contributed by atoms with Crippen molar-refractivity contribution in [3.8, 4) is 17.2 Å². The minimum atomic E-state index is 0.438. The second-order valence-corrected chi connectivity index (χ2v) is 4.36. The van der Waals surface area contributed by atoms with Gasteiger partial charge in [-0.05, 0) is 18.2 Å². The lowest BCUT2D eigenvalue weighted by atomic mass is 10.1. The number of aromatic nitrogens is 4. The molecule has 0 amide bonds. The second-order valence-electron chi connectivity index (χ2n) is 3.93. The van der Waals surface area contributed by atoms with E-state index in [9.17, 15) is 0 Å². The van der Waals surface area contributed by atoms with Crippen LogP contribution in [0.4, 0.5) is 5.82 Å². The Kier molecular flexibility index (Phi) is 2.89. The maximum absolute atomic E-state index is 5.97. The summed E-state index contributed by atoms with van der Waals surface area (Å²) < 4.78 is 1.50. The molecule has 6 heteroatoms. The third kappa shape index (κ3) is 2.28. The van der Waals surface area contributed by atoms with Crippen LogP contribution in [0.5, 0.6) is 0 Å². The summed E-state index contributed by atoms with van der Waals surface area (Å²) in [5, 5.41) is 5.05. The Bertz CT molecular complexity index is 708. The first-order chi connectivity index (χ1) is 9.24. The molecule has 0 atom stereocenters. The minimum absolute atomic E-state index is 0.438. The number of rotatable bonds is 2. The molecule has 0 aliphatic rings. The van der Waals surface area contributed by atoms with Crippen molar-refractivity contribution < 1.29 is 0 Å². The molecule has 2 N–H and O–H groups in total. The van der Waals surface area contributed by atoms with Crippen molar-refractivity contribution in [2.24, 2.45) is 0 Å². The van der Waals surface area contributed by atoms with E-state index in [2.05, 4.69) is 15.1 Å². The van der Waals surface area contributed by atoms with E-state index < -0.39 is 0 Å². The second kappa shape index (κ2) is 4.70. The lowest BCUT2D eigenvalue weighted by Gasteiger charge is -2.00. The van der Waals surface area contributed by atoms with Gasteiger partial charge < -0.3 is 5.73 Å². The molecule has 2 heterocycles. The van der Waals surface area contributed by atoms with Gasteiger partial charge in [-0.1, -0.05) is 23.7 Å². The molecule has 0 unspecified atom stereocenters. The summed E-state index contributed by atoms with van der Waals surface area (Å²) in [6, 6.07) is 10.9. The number of benzene rings is 1. The van der Waals surface area contributed by atoms with E-state index in [-0.39, 0.29) is 0 Å². The Balaban J connectivity index is 2.07. The van der Waals surface area contributed by atoms with Crippen LogP contribution in [0.3, 0.4) is 0 Å². The zero-order valence-corrected chi connectivity index (χ0v) is 10.6. The van der Waals surface area contributed by atoms with Gasteiger partial charge in [0.15, 0.2) is 0 Å². The van der Waals surface area contributed by atoms with E-state index in [1.165, 1.54) is 4.68 Å². The minimum Gasteiger partial charge on any atom is -0.383 e. The molecule has 0 bridgehead atoms. The Labute approximate surface area is 114 Å². The average molecular weight is 272 g/mol. The molecule has 0 aliphatic carbocycles. The summed E-state index contributed by atoms with van der Waals surface area (Å²) in [6.45, 7) is 0. The number of nitrogen functional groups attached to an aromatic ring is 1. The summed E-state index contributed by atoms with van der Waals surface area (Å²) in [4.78, 5) is 8.24. The molecule has 94 valence electrons. The first-order valence-corrected chi connectivity index (χ1v) is 6.01. The van der Waals surface area contributed by atoms with Crippen molar-refractivity contribution in [3.63, 3.8) is 0 Å². The highest BCUT2D eigenvalue weighted by Crippen LogP contribution is 2.24. The number of hydrogen-bond donors (Lipinski definition) is 1. The molecule has 0 saturated carbocycles. The monoisotopic (exact) mass is 271 g/mol. The van der Waals surface area contributed by atoms with Crippen LogP contribution in [-0.4, -0.2) is 19.7 Å². The first kappa shape index (κ1) is 11.7. The summed E-state index contributed by atoms with van der Waals surface area (Å²) in [5.74, 6) is 0.912. The Morgan fingerprint density at radius 2 is 1.84 bits per heavy atom. The summed E-state index contributed by atoms with van der Waals surface area (Å²) in [6.07, 6.45) is 3.28. The SMILES string of the molecule is Nc1cc(-c2cccc(Cl)c2)nn1-c1ncccn1. The van der Waals surface area contributed by atoms with Crippen molar-refractivity contribution in [2.45, 2.75) is 0 Å². The van der Waals surface area contributed by atoms with E-state index in [4.69, 9.17) is 17.3 Å². The van der Waals surface area contributed by atoms with Crippen LogP contribution in [0.25, 0.3) is 17.2 Å². The van der Waals surface area contributed by atoms with Gasteiger partial charge >= 0.3 is 0 Å². The molecular weight excluding hydrogens is 262 g/mol. The number of nitrogens with two attached hydrogens (primary N) is 1. The van der Waals surface area contributed by atoms with Gasteiger partial charge in [-0.15, -0.1) is 0 Å². The van der Waals surface area contributed by atoms with Gasteiger partial charge in [0.25, 0.3) is 5.95 Å². The molecule has 2 aromatic heterocycles. The molecule has 19 heavy (non-hydrogen) atoms. The van der Waals surface area contributed by atoms with E-state index in [1.807, 2.05) is 24.3 Å². The highest BCUT2D eigenvalue weighted by Gasteiger charge is 2.10. The number of halogens is 1. The largest absolute Gasteiger partial charge is 0.383 e. The average Bonchev–Trinajstić information content (AvgIpc) is 2.82. The Hall–Kier alpha value is -2.40. The fraction of sp³-hybridized carbons (Fsp3) is 0. The topological polar surface area (TPSA) is 69.6 Å². The van der Waals surface area contributed by atoms with E-state index in [0.717, 1.165) is 11.3 Å². The van der Waals surface area contributed by atoms with Crippen LogP contribution < -0.4 is 5.73 Å². The van der Waals surface area contributed by atoms with Gasteiger partial charge in [0, 0.05) is 29.0 Å². The fourth-order valence-corrected chi connectivity index (χ4v) is 1.94. The first-order valence-electron chi connectivity index (χ1n) is 5.63. The highest BCUT2D eigenvalue weighted by molar-refractivity contribution is 6.30. The number of anilines is 1.